The number of carbonyl (C=O) groups is 1. The van der Waals surface area contributed by atoms with Gasteiger partial charge >= 0.3 is 5.69 Å². The maximum atomic E-state index is 12.3. The molecule has 8 heteroatoms. The summed E-state index contributed by atoms with van der Waals surface area (Å²) in [5.74, 6) is -0.108. The second kappa shape index (κ2) is 6.04. The van der Waals surface area contributed by atoms with Gasteiger partial charge in [0.25, 0.3) is 5.91 Å². The van der Waals surface area contributed by atoms with Crippen molar-refractivity contribution in [2.45, 2.75) is 13.8 Å². The Balaban J connectivity index is 2.38. The molecule has 0 fully saturated rings. The Kier molecular flexibility index (Phi) is 4.17. The number of nitrogens with zero attached hydrogens (tertiary/aromatic N) is 2. The smallest absolute Gasteiger partial charge is 0.311 e. The van der Waals surface area contributed by atoms with E-state index in [1.54, 1.807) is 20.0 Å². The van der Waals surface area contributed by atoms with E-state index < -0.39 is 10.8 Å². The van der Waals surface area contributed by atoms with Gasteiger partial charge in [0.2, 0.25) is 5.75 Å². The Bertz CT molecular complexity index is 681. The minimum Gasteiger partial charge on any atom is -0.487 e. The number of hydrogen-bond acceptors (Lipinski definition) is 5. The molecular weight excluding hydrogens is 276 g/mol. The molecule has 21 heavy (non-hydrogen) atoms. The van der Waals surface area contributed by atoms with Gasteiger partial charge < -0.3 is 10.1 Å². The summed E-state index contributed by atoms with van der Waals surface area (Å²) < 4.78 is 5.27. The van der Waals surface area contributed by atoms with Crippen molar-refractivity contribution >= 4 is 17.4 Å². The summed E-state index contributed by atoms with van der Waals surface area (Å²) in [6, 6.07) is 4.21. The van der Waals surface area contributed by atoms with E-state index in [9.17, 15) is 14.9 Å². The van der Waals surface area contributed by atoms with Crippen molar-refractivity contribution in [3.05, 3.63) is 45.6 Å². The van der Waals surface area contributed by atoms with Crippen LogP contribution in [0.25, 0.3) is 0 Å². The van der Waals surface area contributed by atoms with Crippen LogP contribution in [0, 0.1) is 17.0 Å². The van der Waals surface area contributed by atoms with E-state index in [1.807, 2.05) is 0 Å². The highest BCUT2D eigenvalue weighted by atomic mass is 16.6. The average molecular weight is 290 g/mol. The zero-order valence-electron chi connectivity index (χ0n) is 11.5. The van der Waals surface area contributed by atoms with Crippen LogP contribution in [-0.4, -0.2) is 27.6 Å². The summed E-state index contributed by atoms with van der Waals surface area (Å²) in [7, 11) is 0. The number of H-pyrrole nitrogens is 1. The first-order valence-electron chi connectivity index (χ1n) is 6.26. The number of carbonyl (C=O) groups excluding carboxylic acids is 1. The quantitative estimate of drug-likeness (QED) is 0.648. The summed E-state index contributed by atoms with van der Waals surface area (Å²) in [4.78, 5) is 22.7. The summed E-state index contributed by atoms with van der Waals surface area (Å²) in [6.07, 6.45) is 1.56. The predicted octanol–water partition coefficient (Wildman–Crippen LogP) is 2.28. The molecule has 1 aromatic carbocycles. The van der Waals surface area contributed by atoms with E-state index in [-0.39, 0.29) is 23.6 Å². The standard InChI is InChI=1S/C13H14N4O4/c1-3-21-11-9(5-4-6-10(11)17(19)20)13(18)15-12-8(2)7-14-16-12/h4-7H,3H2,1-2H3,(H2,14,15,16,18). The fourth-order valence-electron chi connectivity index (χ4n) is 1.80. The third kappa shape index (κ3) is 2.99. The van der Waals surface area contributed by atoms with Crippen molar-refractivity contribution in [1.29, 1.82) is 0 Å². The lowest BCUT2D eigenvalue weighted by atomic mass is 10.1. The van der Waals surface area contributed by atoms with Gasteiger partial charge in [-0.3, -0.25) is 20.0 Å². The van der Waals surface area contributed by atoms with Gasteiger partial charge in [-0.15, -0.1) is 0 Å². The summed E-state index contributed by atoms with van der Waals surface area (Å²) in [5, 5.41) is 20.1. The van der Waals surface area contributed by atoms with Gasteiger partial charge in [-0.2, -0.15) is 5.10 Å². The molecule has 0 unspecified atom stereocenters. The summed E-state index contributed by atoms with van der Waals surface area (Å²) >= 11 is 0. The molecule has 0 atom stereocenters. The van der Waals surface area contributed by atoms with Crippen LogP contribution in [0.5, 0.6) is 5.75 Å². The van der Waals surface area contributed by atoms with E-state index in [0.717, 1.165) is 5.56 Å². The molecule has 0 saturated heterocycles. The first-order valence-corrected chi connectivity index (χ1v) is 6.26. The maximum absolute atomic E-state index is 12.3. The number of para-hydroxylation sites is 1. The molecule has 0 aliphatic heterocycles. The number of anilines is 1. The highest BCUT2D eigenvalue weighted by Gasteiger charge is 2.23. The van der Waals surface area contributed by atoms with Gasteiger partial charge in [-0.25, -0.2) is 0 Å². The number of ether oxygens (including phenoxy) is 1. The van der Waals surface area contributed by atoms with Crippen molar-refractivity contribution in [2.24, 2.45) is 0 Å². The topological polar surface area (TPSA) is 110 Å². The minimum atomic E-state index is -0.580. The second-order valence-corrected chi connectivity index (χ2v) is 4.23. The van der Waals surface area contributed by atoms with Crippen LogP contribution in [0.15, 0.2) is 24.4 Å². The minimum absolute atomic E-state index is 0.0420. The van der Waals surface area contributed by atoms with E-state index in [4.69, 9.17) is 4.74 Å². The molecule has 1 heterocycles. The maximum Gasteiger partial charge on any atom is 0.311 e. The summed E-state index contributed by atoms with van der Waals surface area (Å²) in [5.41, 5.74) is 0.609. The number of nitrogens with one attached hydrogen (secondary N) is 2. The van der Waals surface area contributed by atoms with Crippen molar-refractivity contribution < 1.29 is 14.5 Å². The molecule has 0 bridgehead atoms. The molecule has 2 rings (SSSR count). The zero-order chi connectivity index (χ0) is 15.4. The van der Waals surface area contributed by atoms with E-state index in [2.05, 4.69) is 15.5 Å². The Morgan fingerprint density at radius 2 is 2.29 bits per heavy atom. The third-order valence-corrected chi connectivity index (χ3v) is 2.79. The number of rotatable bonds is 5. The summed E-state index contributed by atoms with van der Waals surface area (Å²) in [6.45, 7) is 3.68. The number of amides is 1. The second-order valence-electron chi connectivity index (χ2n) is 4.23. The molecule has 2 N–H and O–H groups in total. The molecule has 2 aromatic rings. The fourth-order valence-corrected chi connectivity index (χ4v) is 1.80. The largest absolute Gasteiger partial charge is 0.487 e. The van der Waals surface area contributed by atoms with E-state index in [0.29, 0.717) is 5.82 Å². The highest BCUT2D eigenvalue weighted by Crippen LogP contribution is 2.31. The van der Waals surface area contributed by atoms with Crippen molar-refractivity contribution in [2.75, 3.05) is 11.9 Å². The number of benzene rings is 1. The first-order chi connectivity index (χ1) is 10.0. The van der Waals surface area contributed by atoms with Crippen LogP contribution in [-0.2, 0) is 0 Å². The fraction of sp³-hybridized carbons (Fsp3) is 0.231. The highest BCUT2D eigenvalue weighted by molar-refractivity contribution is 6.06. The van der Waals surface area contributed by atoms with Crippen molar-refractivity contribution in [3.63, 3.8) is 0 Å². The average Bonchev–Trinajstić information content (AvgIpc) is 2.84. The lowest BCUT2D eigenvalue weighted by Crippen LogP contribution is -2.15. The normalized spacial score (nSPS) is 10.2. The molecule has 0 saturated carbocycles. The van der Waals surface area contributed by atoms with Gasteiger partial charge in [0, 0.05) is 11.6 Å². The number of hydrogen-bond donors (Lipinski definition) is 2. The van der Waals surface area contributed by atoms with Crippen molar-refractivity contribution in [1.82, 2.24) is 10.2 Å². The molecule has 8 nitrogen and oxygen atoms in total. The molecule has 0 spiro atoms. The molecule has 1 amide bonds. The lowest BCUT2D eigenvalue weighted by molar-refractivity contribution is -0.385. The van der Waals surface area contributed by atoms with Crippen LogP contribution >= 0.6 is 0 Å². The molecule has 110 valence electrons. The zero-order valence-corrected chi connectivity index (χ0v) is 11.5. The molecule has 0 radical (unpaired) electrons. The number of nitro benzene ring substituents is 1. The van der Waals surface area contributed by atoms with Crippen LogP contribution in [0.3, 0.4) is 0 Å². The lowest BCUT2D eigenvalue weighted by Gasteiger charge is -2.10. The number of aryl methyl sites for hydroxylation is 1. The van der Waals surface area contributed by atoms with Gasteiger partial charge in [-0.1, -0.05) is 6.07 Å². The van der Waals surface area contributed by atoms with Gasteiger partial charge in [-0.05, 0) is 19.9 Å². The molecule has 0 aliphatic carbocycles. The number of aromatic amines is 1. The first kappa shape index (κ1) is 14.5. The third-order valence-electron chi connectivity index (χ3n) is 2.79. The monoisotopic (exact) mass is 290 g/mol. The van der Waals surface area contributed by atoms with Crippen LogP contribution in [0.1, 0.15) is 22.8 Å². The van der Waals surface area contributed by atoms with E-state index >= 15 is 0 Å². The molecular formula is C13H14N4O4. The molecule has 1 aromatic heterocycles. The van der Waals surface area contributed by atoms with Gasteiger partial charge in [0.15, 0.2) is 0 Å². The predicted molar refractivity (Wildman–Crippen MR) is 75.5 cm³/mol. The van der Waals surface area contributed by atoms with Crippen LogP contribution < -0.4 is 10.1 Å². The Hall–Kier alpha value is -2.90. The van der Waals surface area contributed by atoms with Crippen LogP contribution in [0.4, 0.5) is 11.5 Å². The number of nitro groups is 1. The SMILES string of the molecule is CCOc1c(C(=O)Nc2[nH]ncc2C)cccc1[N+](=O)[O-]. The van der Waals surface area contributed by atoms with Gasteiger partial charge in [0.05, 0.1) is 23.3 Å². The Morgan fingerprint density at radius 3 is 2.86 bits per heavy atom. The Labute approximate surface area is 120 Å². The van der Waals surface area contributed by atoms with Gasteiger partial charge in [0.1, 0.15) is 5.82 Å². The van der Waals surface area contributed by atoms with E-state index in [1.165, 1.54) is 18.2 Å². The molecule has 0 aliphatic rings. The Morgan fingerprint density at radius 1 is 1.52 bits per heavy atom. The van der Waals surface area contributed by atoms with Crippen LogP contribution in [0.2, 0.25) is 0 Å². The number of aromatic nitrogens is 2. The van der Waals surface area contributed by atoms with Crippen molar-refractivity contribution in [3.8, 4) is 5.75 Å².